The lowest BCUT2D eigenvalue weighted by molar-refractivity contribution is -0.121. The average molecular weight is 288 g/mol. The van der Waals surface area contributed by atoms with Crippen LogP contribution in [0.1, 0.15) is 55.7 Å². The third kappa shape index (κ3) is 4.85. The van der Waals surface area contributed by atoms with E-state index in [2.05, 4.69) is 30.4 Å². The summed E-state index contributed by atoms with van der Waals surface area (Å²) in [4.78, 5) is 12.1. The van der Waals surface area contributed by atoms with E-state index in [1.807, 2.05) is 0 Å². The average Bonchev–Trinajstić information content (AvgIpc) is 2.51. The second-order valence-electron chi connectivity index (χ2n) is 6.13. The molecular weight excluding hydrogens is 260 g/mol. The van der Waals surface area contributed by atoms with Crippen molar-refractivity contribution in [2.75, 3.05) is 6.54 Å². The number of carbonyl (C=O) groups excluding carboxylic acids is 1. The number of benzene rings is 1. The van der Waals surface area contributed by atoms with Crippen molar-refractivity contribution >= 4 is 5.91 Å². The van der Waals surface area contributed by atoms with Gasteiger partial charge in [-0.3, -0.25) is 4.79 Å². The number of nitrogens with one attached hydrogen (secondary N) is 1. The van der Waals surface area contributed by atoms with Crippen LogP contribution in [-0.4, -0.2) is 18.5 Å². The maximum absolute atomic E-state index is 12.1. The molecule has 1 aliphatic carbocycles. The summed E-state index contributed by atoms with van der Waals surface area (Å²) in [6.45, 7) is 2.68. The van der Waals surface area contributed by atoms with Gasteiger partial charge >= 0.3 is 0 Å². The van der Waals surface area contributed by atoms with Gasteiger partial charge in [-0.25, -0.2) is 0 Å². The van der Waals surface area contributed by atoms with Crippen LogP contribution in [0.4, 0.5) is 0 Å². The third-order valence-corrected chi connectivity index (χ3v) is 4.33. The van der Waals surface area contributed by atoms with Crippen molar-refractivity contribution in [1.82, 2.24) is 5.32 Å². The van der Waals surface area contributed by atoms with E-state index < -0.39 is 0 Å². The number of carbonyl (C=O) groups is 1. The maximum atomic E-state index is 12.1. The van der Waals surface area contributed by atoms with Crippen LogP contribution in [0.3, 0.4) is 0 Å². The van der Waals surface area contributed by atoms with E-state index in [0.29, 0.717) is 13.0 Å². The fourth-order valence-electron chi connectivity index (χ4n) is 3.06. The lowest BCUT2D eigenvalue weighted by atomic mass is 9.90. The fourth-order valence-corrected chi connectivity index (χ4v) is 3.06. The Labute approximate surface area is 128 Å². The van der Waals surface area contributed by atoms with E-state index in [-0.39, 0.29) is 11.9 Å². The predicted octanol–water partition coefficient (Wildman–Crippen LogP) is 2.74. The van der Waals surface area contributed by atoms with Crippen LogP contribution >= 0.6 is 0 Å². The van der Waals surface area contributed by atoms with Crippen LogP contribution < -0.4 is 11.1 Å². The summed E-state index contributed by atoms with van der Waals surface area (Å²) in [6, 6.07) is 6.65. The molecule has 3 N–H and O–H groups in total. The standard InChI is InChI=1S/C18H28N2O/c1-2-3-8-17(13-19)20-18(21)12-14-9-10-15-6-4-5-7-16(15)11-14/h9-11,17H,2-8,12-13,19H2,1H3,(H,20,21). The minimum atomic E-state index is 0.0947. The molecule has 21 heavy (non-hydrogen) atoms. The zero-order valence-electron chi connectivity index (χ0n) is 13.2. The van der Waals surface area contributed by atoms with Gasteiger partial charge in [-0.1, -0.05) is 38.0 Å². The van der Waals surface area contributed by atoms with E-state index in [4.69, 9.17) is 5.73 Å². The van der Waals surface area contributed by atoms with Gasteiger partial charge in [-0.05, 0) is 48.8 Å². The first-order valence-corrected chi connectivity index (χ1v) is 8.33. The quantitative estimate of drug-likeness (QED) is 0.810. The van der Waals surface area contributed by atoms with E-state index in [1.165, 1.54) is 30.4 Å². The molecule has 1 aromatic rings. The van der Waals surface area contributed by atoms with Gasteiger partial charge in [-0.15, -0.1) is 0 Å². The van der Waals surface area contributed by atoms with Crippen molar-refractivity contribution in [3.63, 3.8) is 0 Å². The molecule has 3 heteroatoms. The molecule has 0 fully saturated rings. The number of aryl methyl sites for hydroxylation is 2. The van der Waals surface area contributed by atoms with E-state index in [9.17, 15) is 4.79 Å². The summed E-state index contributed by atoms with van der Waals surface area (Å²) in [6.07, 6.45) is 8.61. The van der Waals surface area contributed by atoms with Crippen LogP contribution in [0, 0.1) is 0 Å². The third-order valence-electron chi connectivity index (χ3n) is 4.33. The summed E-state index contributed by atoms with van der Waals surface area (Å²) in [7, 11) is 0. The summed E-state index contributed by atoms with van der Waals surface area (Å²) < 4.78 is 0. The zero-order chi connectivity index (χ0) is 15.1. The highest BCUT2D eigenvalue weighted by atomic mass is 16.1. The van der Waals surface area contributed by atoms with E-state index in [1.54, 1.807) is 0 Å². The maximum Gasteiger partial charge on any atom is 0.224 e. The smallest absolute Gasteiger partial charge is 0.224 e. The predicted molar refractivity (Wildman–Crippen MR) is 87.3 cm³/mol. The number of rotatable bonds is 7. The molecule has 0 saturated carbocycles. The van der Waals surface area contributed by atoms with Gasteiger partial charge in [0.25, 0.3) is 0 Å². The molecule has 2 rings (SSSR count). The monoisotopic (exact) mass is 288 g/mol. The highest BCUT2D eigenvalue weighted by Gasteiger charge is 2.13. The second-order valence-corrected chi connectivity index (χ2v) is 6.13. The second kappa shape index (κ2) is 8.18. The first kappa shape index (κ1) is 16.0. The van der Waals surface area contributed by atoms with E-state index >= 15 is 0 Å². The van der Waals surface area contributed by atoms with Crippen LogP contribution in [-0.2, 0) is 24.1 Å². The highest BCUT2D eigenvalue weighted by molar-refractivity contribution is 5.79. The molecule has 0 aliphatic heterocycles. The van der Waals surface area contributed by atoms with Crippen molar-refractivity contribution in [1.29, 1.82) is 0 Å². The molecule has 0 bridgehead atoms. The van der Waals surface area contributed by atoms with Gasteiger partial charge in [0.15, 0.2) is 0 Å². The van der Waals surface area contributed by atoms with E-state index in [0.717, 1.165) is 31.2 Å². The number of fused-ring (bicyclic) bond motifs is 1. The number of hydrogen-bond acceptors (Lipinski definition) is 2. The van der Waals surface area contributed by atoms with Gasteiger partial charge in [0.2, 0.25) is 5.91 Å². The Bertz CT molecular complexity index is 470. The summed E-state index contributed by atoms with van der Waals surface area (Å²) in [5, 5.41) is 3.07. The Balaban J connectivity index is 1.90. The topological polar surface area (TPSA) is 55.1 Å². The van der Waals surface area contributed by atoms with Gasteiger partial charge < -0.3 is 11.1 Å². The van der Waals surface area contributed by atoms with Crippen molar-refractivity contribution in [3.8, 4) is 0 Å². The Morgan fingerprint density at radius 1 is 1.29 bits per heavy atom. The highest BCUT2D eigenvalue weighted by Crippen LogP contribution is 2.22. The van der Waals surface area contributed by atoms with Crippen LogP contribution in [0.25, 0.3) is 0 Å². The lowest BCUT2D eigenvalue weighted by Gasteiger charge is -2.18. The number of nitrogens with two attached hydrogens (primary N) is 1. The van der Waals surface area contributed by atoms with Crippen LogP contribution in [0.15, 0.2) is 18.2 Å². The molecule has 1 aliphatic rings. The normalized spacial score (nSPS) is 15.3. The Morgan fingerprint density at radius 3 is 2.76 bits per heavy atom. The Morgan fingerprint density at radius 2 is 2.05 bits per heavy atom. The summed E-state index contributed by atoms with van der Waals surface area (Å²) in [5.74, 6) is 0.0947. The van der Waals surface area contributed by atoms with Gasteiger partial charge in [0.1, 0.15) is 0 Å². The van der Waals surface area contributed by atoms with Gasteiger partial charge in [-0.2, -0.15) is 0 Å². The van der Waals surface area contributed by atoms with Crippen LogP contribution in [0.5, 0.6) is 0 Å². The van der Waals surface area contributed by atoms with Crippen molar-refractivity contribution < 1.29 is 4.79 Å². The molecule has 0 radical (unpaired) electrons. The molecule has 1 amide bonds. The molecular formula is C18H28N2O. The van der Waals surface area contributed by atoms with Gasteiger partial charge in [0.05, 0.1) is 6.42 Å². The Kier molecular flexibility index (Phi) is 6.24. The molecule has 1 unspecified atom stereocenters. The Hall–Kier alpha value is -1.35. The number of amides is 1. The van der Waals surface area contributed by atoms with Crippen molar-refractivity contribution in [3.05, 3.63) is 34.9 Å². The first-order valence-electron chi connectivity index (χ1n) is 8.33. The fraction of sp³-hybridized carbons (Fsp3) is 0.611. The molecule has 0 saturated heterocycles. The van der Waals surface area contributed by atoms with Crippen molar-refractivity contribution in [2.45, 2.75) is 64.3 Å². The lowest BCUT2D eigenvalue weighted by Crippen LogP contribution is -2.40. The first-order chi connectivity index (χ1) is 10.2. The van der Waals surface area contributed by atoms with Gasteiger partial charge in [0, 0.05) is 12.6 Å². The molecule has 0 aromatic heterocycles. The zero-order valence-corrected chi connectivity index (χ0v) is 13.2. The molecule has 1 atom stereocenters. The minimum absolute atomic E-state index is 0.0947. The molecule has 1 aromatic carbocycles. The minimum Gasteiger partial charge on any atom is -0.352 e. The number of hydrogen-bond donors (Lipinski definition) is 2. The molecule has 116 valence electrons. The van der Waals surface area contributed by atoms with Crippen LogP contribution in [0.2, 0.25) is 0 Å². The largest absolute Gasteiger partial charge is 0.352 e. The number of unbranched alkanes of at least 4 members (excludes halogenated alkanes) is 1. The molecule has 3 nitrogen and oxygen atoms in total. The van der Waals surface area contributed by atoms with Crippen molar-refractivity contribution in [2.24, 2.45) is 5.73 Å². The molecule has 0 spiro atoms. The summed E-state index contributed by atoms with van der Waals surface area (Å²) >= 11 is 0. The molecule has 0 heterocycles. The SMILES string of the molecule is CCCCC(CN)NC(=O)Cc1ccc2c(c1)CCCC2. The summed E-state index contributed by atoms with van der Waals surface area (Å²) in [5.41, 5.74) is 9.76.